The molecule has 2 rings (SSSR count). The largest absolute Gasteiger partial charge is 0.497 e. The summed E-state index contributed by atoms with van der Waals surface area (Å²) in [6.45, 7) is 3.00. The van der Waals surface area contributed by atoms with Gasteiger partial charge in [0.15, 0.2) is 0 Å². The number of aryl methyl sites for hydroxylation is 1. The summed E-state index contributed by atoms with van der Waals surface area (Å²) in [5, 5.41) is 0. The van der Waals surface area contributed by atoms with Gasteiger partial charge in [-0.1, -0.05) is 18.9 Å². The van der Waals surface area contributed by atoms with Crippen LogP contribution < -0.4 is 10.5 Å². The molecule has 1 saturated carbocycles. The highest BCUT2D eigenvalue weighted by Gasteiger charge is 2.26. The first-order valence-electron chi connectivity index (χ1n) is 6.61. The summed E-state index contributed by atoms with van der Waals surface area (Å²) in [5.74, 6) is 2.27. The van der Waals surface area contributed by atoms with E-state index in [0.29, 0.717) is 11.8 Å². The van der Waals surface area contributed by atoms with Gasteiger partial charge in [0.05, 0.1) is 7.11 Å². The number of hydrogen-bond donors (Lipinski definition) is 1. The predicted octanol–water partition coefficient (Wildman–Crippen LogP) is 3.24. The Hall–Kier alpha value is -1.02. The van der Waals surface area contributed by atoms with Gasteiger partial charge in [0.2, 0.25) is 0 Å². The van der Waals surface area contributed by atoms with Crippen LogP contribution in [0.4, 0.5) is 0 Å². The van der Waals surface area contributed by atoms with E-state index >= 15 is 0 Å². The molecule has 0 aromatic heterocycles. The summed E-state index contributed by atoms with van der Waals surface area (Å²) >= 11 is 0. The summed E-state index contributed by atoms with van der Waals surface area (Å²) in [7, 11) is 1.72. The number of methoxy groups -OCH3 is 1. The molecule has 1 aromatic carbocycles. The molecule has 2 heteroatoms. The second-order valence-corrected chi connectivity index (χ2v) is 5.11. The van der Waals surface area contributed by atoms with Crippen LogP contribution in [0.15, 0.2) is 18.2 Å². The van der Waals surface area contributed by atoms with Crippen LogP contribution in [0, 0.1) is 12.8 Å². The van der Waals surface area contributed by atoms with Gasteiger partial charge < -0.3 is 10.5 Å². The molecule has 2 nitrogen and oxygen atoms in total. The van der Waals surface area contributed by atoms with Crippen LogP contribution in [-0.2, 0) is 0 Å². The monoisotopic (exact) mass is 233 g/mol. The lowest BCUT2D eigenvalue weighted by Crippen LogP contribution is -2.25. The minimum atomic E-state index is 0.652. The lowest BCUT2D eigenvalue weighted by Gasteiger charge is -2.32. The summed E-state index contributed by atoms with van der Waals surface area (Å²) in [5.41, 5.74) is 8.73. The zero-order valence-corrected chi connectivity index (χ0v) is 10.9. The van der Waals surface area contributed by atoms with Crippen molar-refractivity contribution < 1.29 is 4.74 Å². The molecular weight excluding hydrogens is 210 g/mol. The van der Waals surface area contributed by atoms with Crippen LogP contribution in [0.25, 0.3) is 0 Å². The average molecular weight is 233 g/mol. The molecule has 1 aliphatic carbocycles. The maximum Gasteiger partial charge on any atom is 0.119 e. The van der Waals surface area contributed by atoms with Gasteiger partial charge in [-0.3, -0.25) is 0 Å². The van der Waals surface area contributed by atoms with E-state index in [4.69, 9.17) is 10.5 Å². The molecule has 2 unspecified atom stereocenters. The quantitative estimate of drug-likeness (QED) is 0.870. The fourth-order valence-corrected chi connectivity index (χ4v) is 3.09. The summed E-state index contributed by atoms with van der Waals surface area (Å²) in [6, 6.07) is 6.44. The SMILES string of the molecule is COc1ccc(C2CCCCC2CN)c(C)c1. The molecule has 0 saturated heterocycles. The van der Waals surface area contributed by atoms with Crippen LogP contribution in [0.2, 0.25) is 0 Å². The van der Waals surface area contributed by atoms with E-state index < -0.39 is 0 Å². The van der Waals surface area contributed by atoms with E-state index in [0.717, 1.165) is 12.3 Å². The van der Waals surface area contributed by atoms with Gasteiger partial charge in [0.1, 0.15) is 5.75 Å². The highest BCUT2D eigenvalue weighted by atomic mass is 16.5. The van der Waals surface area contributed by atoms with Crippen molar-refractivity contribution in [2.24, 2.45) is 11.7 Å². The third kappa shape index (κ3) is 2.63. The Balaban J connectivity index is 2.25. The molecule has 1 aliphatic rings. The first-order valence-corrected chi connectivity index (χ1v) is 6.61. The standard InChI is InChI=1S/C15H23NO/c1-11-9-13(17-2)7-8-14(11)15-6-4-3-5-12(15)10-16/h7-9,12,15H,3-6,10,16H2,1-2H3. The van der Waals surface area contributed by atoms with Gasteiger partial charge >= 0.3 is 0 Å². The first-order chi connectivity index (χ1) is 8.26. The second-order valence-electron chi connectivity index (χ2n) is 5.11. The lowest BCUT2D eigenvalue weighted by molar-refractivity contribution is 0.313. The van der Waals surface area contributed by atoms with Crippen molar-refractivity contribution in [3.05, 3.63) is 29.3 Å². The lowest BCUT2D eigenvalue weighted by atomic mass is 9.74. The van der Waals surface area contributed by atoms with Crippen LogP contribution >= 0.6 is 0 Å². The summed E-state index contributed by atoms with van der Waals surface area (Å²) < 4.78 is 5.27. The van der Waals surface area contributed by atoms with Gasteiger partial charge in [-0.25, -0.2) is 0 Å². The molecule has 94 valence electrons. The number of rotatable bonds is 3. The summed E-state index contributed by atoms with van der Waals surface area (Å²) in [4.78, 5) is 0. The molecule has 2 N–H and O–H groups in total. The van der Waals surface area contributed by atoms with E-state index in [1.807, 2.05) is 0 Å². The average Bonchev–Trinajstić information content (AvgIpc) is 2.38. The third-order valence-electron chi connectivity index (χ3n) is 4.09. The molecule has 0 heterocycles. The van der Waals surface area contributed by atoms with E-state index in [2.05, 4.69) is 25.1 Å². The van der Waals surface area contributed by atoms with E-state index in [9.17, 15) is 0 Å². The fraction of sp³-hybridized carbons (Fsp3) is 0.600. The molecule has 0 spiro atoms. The molecule has 0 bridgehead atoms. The molecule has 0 aliphatic heterocycles. The maximum absolute atomic E-state index is 5.91. The van der Waals surface area contributed by atoms with Crippen molar-refractivity contribution in [1.82, 2.24) is 0 Å². The second kappa shape index (κ2) is 5.54. The number of benzene rings is 1. The van der Waals surface area contributed by atoms with Crippen molar-refractivity contribution in [2.45, 2.75) is 38.5 Å². The van der Waals surface area contributed by atoms with Crippen LogP contribution in [0.1, 0.15) is 42.7 Å². The predicted molar refractivity (Wildman–Crippen MR) is 71.5 cm³/mol. The van der Waals surface area contributed by atoms with E-state index in [1.54, 1.807) is 7.11 Å². The van der Waals surface area contributed by atoms with Crippen LogP contribution in [0.5, 0.6) is 5.75 Å². The van der Waals surface area contributed by atoms with Gasteiger partial charge in [0, 0.05) is 0 Å². The maximum atomic E-state index is 5.91. The van der Waals surface area contributed by atoms with Crippen LogP contribution in [-0.4, -0.2) is 13.7 Å². The Morgan fingerprint density at radius 2 is 2.06 bits per heavy atom. The van der Waals surface area contributed by atoms with Crippen molar-refractivity contribution in [1.29, 1.82) is 0 Å². The zero-order valence-electron chi connectivity index (χ0n) is 10.9. The minimum absolute atomic E-state index is 0.652. The minimum Gasteiger partial charge on any atom is -0.497 e. The number of ether oxygens (including phenoxy) is 1. The van der Waals surface area contributed by atoms with E-state index in [1.165, 1.54) is 36.8 Å². The molecule has 0 radical (unpaired) electrons. The molecule has 0 amide bonds. The Labute approximate surface area is 104 Å². The van der Waals surface area contributed by atoms with Gasteiger partial charge in [-0.15, -0.1) is 0 Å². The van der Waals surface area contributed by atoms with Crippen molar-refractivity contribution >= 4 is 0 Å². The van der Waals surface area contributed by atoms with Crippen LogP contribution in [0.3, 0.4) is 0 Å². The molecule has 1 fully saturated rings. The highest BCUT2D eigenvalue weighted by molar-refractivity contribution is 5.37. The van der Waals surface area contributed by atoms with E-state index in [-0.39, 0.29) is 0 Å². The molecular formula is C15H23NO. The van der Waals surface area contributed by atoms with Crippen molar-refractivity contribution in [2.75, 3.05) is 13.7 Å². The number of nitrogens with two attached hydrogens (primary N) is 1. The van der Waals surface area contributed by atoms with Crippen molar-refractivity contribution in [3.63, 3.8) is 0 Å². The van der Waals surface area contributed by atoms with Gasteiger partial charge in [0.25, 0.3) is 0 Å². The third-order valence-corrected chi connectivity index (χ3v) is 4.09. The Morgan fingerprint density at radius 3 is 2.71 bits per heavy atom. The van der Waals surface area contributed by atoms with Crippen molar-refractivity contribution in [3.8, 4) is 5.75 Å². The molecule has 2 atom stereocenters. The Bertz CT molecular complexity index is 375. The molecule has 1 aromatic rings. The number of hydrogen-bond acceptors (Lipinski definition) is 2. The zero-order chi connectivity index (χ0) is 12.3. The highest BCUT2D eigenvalue weighted by Crippen LogP contribution is 2.39. The smallest absolute Gasteiger partial charge is 0.119 e. The Kier molecular flexibility index (Phi) is 4.06. The van der Waals surface area contributed by atoms with Gasteiger partial charge in [-0.2, -0.15) is 0 Å². The fourth-order valence-electron chi connectivity index (χ4n) is 3.09. The molecule has 17 heavy (non-hydrogen) atoms. The Morgan fingerprint density at radius 1 is 1.29 bits per heavy atom. The van der Waals surface area contributed by atoms with Gasteiger partial charge in [-0.05, 0) is 61.4 Å². The first kappa shape index (κ1) is 12.4. The normalized spacial score (nSPS) is 24.6. The summed E-state index contributed by atoms with van der Waals surface area (Å²) in [6.07, 6.45) is 5.25. The topological polar surface area (TPSA) is 35.2 Å².